The van der Waals surface area contributed by atoms with Crippen LogP contribution in [0.4, 0.5) is 0 Å². The molecule has 2 atom stereocenters. The lowest BCUT2D eigenvalue weighted by Crippen LogP contribution is -2.33. The first kappa shape index (κ1) is 12.7. The Labute approximate surface area is 126 Å². The fraction of sp³-hybridized carbons (Fsp3) is 0.188. The number of nitrogens with one attached hydrogen (secondary N) is 1. The predicted molar refractivity (Wildman–Crippen MR) is 78.0 cm³/mol. The molecule has 4 nitrogen and oxygen atoms in total. The maximum absolute atomic E-state index is 12.7. The van der Waals surface area contributed by atoms with Crippen LogP contribution in [0.1, 0.15) is 22.0 Å². The van der Waals surface area contributed by atoms with E-state index in [0.29, 0.717) is 22.1 Å². The third-order valence-corrected chi connectivity index (χ3v) is 4.16. The van der Waals surface area contributed by atoms with Gasteiger partial charge < -0.3 is 9.47 Å². The third kappa shape index (κ3) is 1.76. The number of halogens is 1. The van der Waals surface area contributed by atoms with Gasteiger partial charge in [-0.1, -0.05) is 11.6 Å². The summed E-state index contributed by atoms with van der Waals surface area (Å²) >= 11 is 6.00. The van der Waals surface area contributed by atoms with Crippen LogP contribution in [0.15, 0.2) is 42.5 Å². The number of benzene rings is 2. The zero-order valence-electron chi connectivity index (χ0n) is 11.2. The summed E-state index contributed by atoms with van der Waals surface area (Å²) < 4.78 is 10.9. The molecule has 0 aliphatic carbocycles. The van der Waals surface area contributed by atoms with Crippen LogP contribution in [-0.2, 0) is 0 Å². The maximum atomic E-state index is 12.7. The maximum Gasteiger partial charge on any atom is 0.245 e. The minimum absolute atomic E-state index is 0.0810. The Morgan fingerprint density at radius 2 is 2.05 bits per heavy atom. The van der Waals surface area contributed by atoms with Gasteiger partial charge in [0.25, 0.3) is 0 Å². The highest BCUT2D eigenvalue weighted by atomic mass is 35.5. The van der Waals surface area contributed by atoms with Crippen LogP contribution >= 0.6 is 11.6 Å². The summed E-state index contributed by atoms with van der Waals surface area (Å²) in [5.74, 6) is 1.35. The number of carbonyl (C=O) groups excluding carboxylic acids is 1. The van der Waals surface area contributed by atoms with E-state index in [-0.39, 0.29) is 11.8 Å². The smallest absolute Gasteiger partial charge is 0.245 e. The molecular weight excluding hydrogens is 290 g/mol. The van der Waals surface area contributed by atoms with Gasteiger partial charge in [0.2, 0.25) is 11.5 Å². The predicted octanol–water partition coefficient (Wildman–Crippen LogP) is 2.96. The number of ketones is 1. The van der Waals surface area contributed by atoms with E-state index in [2.05, 4.69) is 5.32 Å². The third-order valence-electron chi connectivity index (χ3n) is 3.93. The second-order valence-corrected chi connectivity index (χ2v) is 5.59. The molecule has 5 heteroatoms. The highest BCUT2D eigenvalue weighted by Gasteiger charge is 2.68. The van der Waals surface area contributed by atoms with Crippen LogP contribution in [0.25, 0.3) is 0 Å². The Morgan fingerprint density at radius 3 is 2.76 bits per heavy atom. The number of hydrogen-bond donors (Lipinski definition) is 1. The van der Waals surface area contributed by atoms with Crippen molar-refractivity contribution >= 4 is 17.4 Å². The molecule has 0 radical (unpaired) electrons. The van der Waals surface area contributed by atoms with Crippen LogP contribution in [0, 0.1) is 0 Å². The van der Waals surface area contributed by atoms with Gasteiger partial charge in [0.1, 0.15) is 17.5 Å². The van der Waals surface area contributed by atoms with E-state index in [0.717, 1.165) is 5.56 Å². The van der Waals surface area contributed by atoms with E-state index in [1.54, 1.807) is 43.5 Å². The fourth-order valence-corrected chi connectivity index (χ4v) is 2.95. The molecule has 0 amide bonds. The van der Waals surface area contributed by atoms with Crippen molar-refractivity contribution in [2.75, 3.05) is 7.11 Å². The summed E-state index contributed by atoms with van der Waals surface area (Å²) in [7, 11) is 1.59. The van der Waals surface area contributed by atoms with Crippen molar-refractivity contribution in [2.45, 2.75) is 11.8 Å². The van der Waals surface area contributed by atoms with E-state index in [4.69, 9.17) is 21.1 Å². The van der Waals surface area contributed by atoms with Crippen LogP contribution < -0.4 is 14.8 Å². The monoisotopic (exact) mass is 301 g/mol. The normalized spacial score (nSPS) is 24.8. The average molecular weight is 302 g/mol. The van der Waals surface area contributed by atoms with Gasteiger partial charge in [-0.05, 0) is 42.5 Å². The SMILES string of the molecule is COc1ccc(C(=O)[C@]23N[C@H]2c2cc(Cl)ccc2O3)cc1. The van der Waals surface area contributed by atoms with Crippen molar-refractivity contribution in [2.24, 2.45) is 0 Å². The minimum Gasteiger partial charge on any atom is -0.497 e. The van der Waals surface area contributed by atoms with Gasteiger partial charge >= 0.3 is 0 Å². The molecule has 2 heterocycles. The first-order valence-corrected chi connectivity index (χ1v) is 6.97. The lowest BCUT2D eigenvalue weighted by atomic mass is 10.0. The number of methoxy groups -OCH3 is 1. The molecule has 106 valence electrons. The molecular formula is C16H12ClNO3. The van der Waals surface area contributed by atoms with Crippen molar-refractivity contribution in [3.63, 3.8) is 0 Å². The van der Waals surface area contributed by atoms with E-state index in [9.17, 15) is 4.79 Å². The molecule has 2 aromatic carbocycles. The van der Waals surface area contributed by atoms with Crippen molar-refractivity contribution in [3.05, 3.63) is 58.6 Å². The van der Waals surface area contributed by atoms with Gasteiger partial charge in [0.15, 0.2) is 0 Å². The largest absolute Gasteiger partial charge is 0.497 e. The van der Waals surface area contributed by atoms with Crippen LogP contribution in [0.5, 0.6) is 11.5 Å². The highest BCUT2D eigenvalue weighted by molar-refractivity contribution is 6.30. The topological polar surface area (TPSA) is 57.5 Å². The minimum atomic E-state index is -0.971. The Morgan fingerprint density at radius 1 is 1.29 bits per heavy atom. The van der Waals surface area contributed by atoms with Crippen molar-refractivity contribution < 1.29 is 14.3 Å². The van der Waals surface area contributed by atoms with Gasteiger partial charge in [0.05, 0.1) is 7.11 Å². The molecule has 4 rings (SSSR count). The first-order chi connectivity index (χ1) is 10.1. The van der Waals surface area contributed by atoms with Gasteiger partial charge in [-0.25, -0.2) is 0 Å². The Bertz CT molecular complexity index is 744. The molecule has 21 heavy (non-hydrogen) atoms. The molecule has 1 saturated heterocycles. The quantitative estimate of drug-likeness (QED) is 0.699. The van der Waals surface area contributed by atoms with E-state index in [1.807, 2.05) is 6.07 Å². The Kier molecular flexibility index (Phi) is 2.55. The molecule has 2 aliphatic heterocycles. The number of Topliss-reactive ketones (excluding diaryl/α,β-unsaturated/α-hetero) is 1. The summed E-state index contributed by atoms with van der Waals surface area (Å²) in [5, 5.41) is 3.77. The molecule has 2 aliphatic rings. The van der Waals surface area contributed by atoms with Crippen LogP contribution in [-0.4, -0.2) is 18.6 Å². The second kappa shape index (κ2) is 4.23. The fourth-order valence-electron chi connectivity index (χ4n) is 2.77. The molecule has 0 aromatic heterocycles. The van der Waals surface area contributed by atoms with Gasteiger partial charge in [-0.15, -0.1) is 0 Å². The van der Waals surface area contributed by atoms with Gasteiger partial charge in [-0.3, -0.25) is 10.1 Å². The molecule has 0 spiro atoms. The van der Waals surface area contributed by atoms with Crippen LogP contribution in [0.2, 0.25) is 5.02 Å². The first-order valence-electron chi connectivity index (χ1n) is 6.59. The lowest BCUT2D eigenvalue weighted by molar-refractivity contribution is 0.0746. The standard InChI is InChI=1S/C16H12ClNO3/c1-20-11-5-2-9(3-6-11)15(19)16-14(18-16)12-8-10(17)4-7-13(12)21-16/h2-8,14,18H,1H3/t14-,16-/m0/s1. The summed E-state index contributed by atoms with van der Waals surface area (Å²) in [4.78, 5) is 12.7. The lowest BCUT2D eigenvalue weighted by Gasteiger charge is -2.12. The van der Waals surface area contributed by atoms with E-state index in [1.165, 1.54) is 0 Å². The molecule has 0 saturated carbocycles. The van der Waals surface area contributed by atoms with Crippen molar-refractivity contribution in [1.82, 2.24) is 5.32 Å². The van der Waals surface area contributed by atoms with Crippen LogP contribution in [0.3, 0.4) is 0 Å². The molecule has 2 aromatic rings. The van der Waals surface area contributed by atoms with Crippen molar-refractivity contribution in [3.8, 4) is 11.5 Å². The molecule has 1 fully saturated rings. The number of rotatable bonds is 3. The molecule has 1 N–H and O–H groups in total. The number of ether oxygens (including phenoxy) is 2. The Hall–Kier alpha value is -2.04. The summed E-state index contributed by atoms with van der Waals surface area (Å²) in [6.07, 6.45) is 0. The molecule has 0 unspecified atom stereocenters. The average Bonchev–Trinajstić information content (AvgIpc) is 3.16. The molecule has 0 bridgehead atoms. The van der Waals surface area contributed by atoms with E-state index >= 15 is 0 Å². The van der Waals surface area contributed by atoms with Gasteiger partial charge in [-0.2, -0.15) is 0 Å². The number of carbonyl (C=O) groups is 1. The summed E-state index contributed by atoms with van der Waals surface area (Å²) in [5.41, 5.74) is 0.552. The Balaban J connectivity index is 1.65. The van der Waals surface area contributed by atoms with Crippen molar-refractivity contribution in [1.29, 1.82) is 0 Å². The summed E-state index contributed by atoms with van der Waals surface area (Å²) in [6.45, 7) is 0. The summed E-state index contributed by atoms with van der Waals surface area (Å²) in [6, 6.07) is 12.3. The number of fused-ring (bicyclic) bond motifs is 3. The zero-order valence-corrected chi connectivity index (χ0v) is 12.0. The zero-order chi connectivity index (χ0) is 14.6. The highest BCUT2D eigenvalue weighted by Crippen LogP contribution is 2.54. The number of hydrogen-bond acceptors (Lipinski definition) is 4. The second-order valence-electron chi connectivity index (χ2n) is 5.15. The van der Waals surface area contributed by atoms with E-state index < -0.39 is 5.72 Å². The van der Waals surface area contributed by atoms with Gasteiger partial charge in [0, 0.05) is 16.1 Å².